The van der Waals surface area contributed by atoms with E-state index in [1.165, 1.54) is 0 Å². The first-order chi connectivity index (χ1) is 7.87. The zero-order valence-corrected chi connectivity index (χ0v) is 11.4. The van der Waals surface area contributed by atoms with E-state index in [2.05, 4.69) is 13.8 Å². The maximum absolute atomic E-state index is 12.0. The number of carbonyl (C=O) groups is 2. The van der Waals surface area contributed by atoms with E-state index in [0.29, 0.717) is 13.1 Å². The summed E-state index contributed by atoms with van der Waals surface area (Å²) in [5.41, 5.74) is 5.59. The van der Waals surface area contributed by atoms with Crippen LogP contribution < -0.4 is 5.73 Å². The molecule has 0 aromatic heterocycles. The number of amides is 1. The summed E-state index contributed by atoms with van der Waals surface area (Å²) in [5, 5.41) is 0. The van der Waals surface area contributed by atoms with Crippen molar-refractivity contribution < 1.29 is 14.3 Å². The smallest absolute Gasteiger partial charge is 0.332 e. The Balaban J connectivity index is 2.60. The molecule has 1 fully saturated rings. The molecule has 0 saturated carbocycles. The van der Waals surface area contributed by atoms with Gasteiger partial charge in [0, 0.05) is 23.6 Å². The second-order valence-corrected chi connectivity index (χ2v) is 6.40. The van der Waals surface area contributed by atoms with E-state index in [4.69, 9.17) is 10.5 Å². The van der Waals surface area contributed by atoms with Crippen molar-refractivity contribution in [1.82, 2.24) is 4.90 Å². The van der Waals surface area contributed by atoms with Gasteiger partial charge in [-0.1, -0.05) is 0 Å². The average Bonchev–Trinajstić information content (AvgIpc) is 2.26. The van der Waals surface area contributed by atoms with Gasteiger partial charge in [0.1, 0.15) is 0 Å². The van der Waals surface area contributed by atoms with Crippen LogP contribution in [0.3, 0.4) is 0 Å². The SMILES string of the molecule is CCOC(=O)C(N)C(=O)N1CCSC(C)(C)C1. The van der Waals surface area contributed by atoms with Crippen LogP contribution in [0.15, 0.2) is 0 Å². The van der Waals surface area contributed by atoms with E-state index in [0.717, 1.165) is 5.75 Å². The highest BCUT2D eigenvalue weighted by molar-refractivity contribution is 8.00. The van der Waals surface area contributed by atoms with Crippen LogP contribution in [0.1, 0.15) is 20.8 Å². The number of hydrogen-bond acceptors (Lipinski definition) is 5. The first-order valence-electron chi connectivity index (χ1n) is 5.72. The van der Waals surface area contributed by atoms with Crippen molar-refractivity contribution in [3.8, 4) is 0 Å². The van der Waals surface area contributed by atoms with E-state index in [9.17, 15) is 9.59 Å². The van der Waals surface area contributed by atoms with Crippen LogP contribution in [0.25, 0.3) is 0 Å². The third kappa shape index (κ3) is 3.89. The minimum Gasteiger partial charge on any atom is -0.464 e. The summed E-state index contributed by atoms with van der Waals surface area (Å²) in [6.07, 6.45) is 0. The third-order valence-corrected chi connectivity index (χ3v) is 3.84. The molecule has 0 bridgehead atoms. The Morgan fingerprint density at radius 2 is 2.18 bits per heavy atom. The summed E-state index contributed by atoms with van der Waals surface area (Å²) in [6.45, 7) is 7.33. The predicted molar refractivity (Wildman–Crippen MR) is 67.7 cm³/mol. The molecule has 1 rings (SSSR count). The normalized spacial score (nSPS) is 20.8. The van der Waals surface area contributed by atoms with Crippen LogP contribution in [-0.2, 0) is 14.3 Å². The maximum atomic E-state index is 12.0. The molecule has 1 atom stereocenters. The van der Waals surface area contributed by atoms with Gasteiger partial charge in [-0.05, 0) is 20.8 Å². The highest BCUT2D eigenvalue weighted by Crippen LogP contribution is 2.29. The quantitative estimate of drug-likeness (QED) is 0.581. The molecule has 1 heterocycles. The molecule has 1 saturated heterocycles. The highest BCUT2D eigenvalue weighted by Gasteiger charge is 2.34. The lowest BCUT2D eigenvalue weighted by molar-refractivity contribution is -0.151. The lowest BCUT2D eigenvalue weighted by atomic mass is 10.1. The Labute approximate surface area is 106 Å². The molecule has 1 amide bonds. The number of nitrogens with two attached hydrogens (primary N) is 1. The lowest BCUT2D eigenvalue weighted by Crippen LogP contribution is -2.54. The molecule has 98 valence electrons. The van der Waals surface area contributed by atoms with Crippen LogP contribution in [-0.4, -0.2) is 53.0 Å². The maximum Gasteiger partial charge on any atom is 0.332 e. The fourth-order valence-corrected chi connectivity index (χ4v) is 2.85. The molecule has 6 heteroatoms. The Hall–Kier alpha value is -0.750. The fourth-order valence-electron chi connectivity index (χ4n) is 1.73. The van der Waals surface area contributed by atoms with Crippen molar-refractivity contribution in [2.75, 3.05) is 25.4 Å². The lowest BCUT2D eigenvalue weighted by Gasteiger charge is -2.38. The zero-order chi connectivity index (χ0) is 13.1. The van der Waals surface area contributed by atoms with Crippen LogP contribution in [0.2, 0.25) is 0 Å². The molecule has 0 radical (unpaired) electrons. The Bertz CT molecular complexity index is 307. The van der Waals surface area contributed by atoms with Crippen LogP contribution in [0, 0.1) is 0 Å². The highest BCUT2D eigenvalue weighted by atomic mass is 32.2. The van der Waals surface area contributed by atoms with Crippen molar-refractivity contribution in [2.24, 2.45) is 5.73 Å². The molecule has 1 aliphatic rings. The Morgan fingerprint density at radius 1 is 1.53 bits per heavy atom. The van der Waals surface area contributed by atoms with Gasteiger partial charge in [-0.2, -0.15) is 11.8 Å². The van der Waals surface area contributed by atoms with Gasteiger partial charge < -0.3 is 15.4 Å². The summed E-state index contributed by atoms with van der Waals surface area (Å²) < 4.78 is 4.77. The van der Waals surface area contributed by atoms with Gasteiger partial charge in [-0.25, -0.2) is 4.79 Å². The number of ether oxygens (including phenoxy) is 1. The molecule has 0 aromatic carbocycles. The van der Waals surface area contributed by atoms with Gasteiger partial charge in [0.2, 0.25) is 0 Å². The van der Waals surface area contributed by atoms with Crippen LogP contribution in [0.5, 0.6) is 0 Å². The standard InChI is InChI=1S/C11H20N2O3S/c1-4-16-10(15)8(12)9(14)13-5-6-17-11(2,3)7-13/h8H,4-7,12H2,1-3H3. The fraction of sp³-hybridized carbons (Fsp3) is 0.818. The minimum atomic E-state index is -1.19. The van der Waals surface area contributed by atoms with Gasteiger partial charge in [0.15, 0.2) is 6.04 Å². The largest absolute Gasteiger partial charge is 0.464 e. The molecular formula is C11H20N2O3S. The first kappa shape index (κ1) is 14.3. The molecule has 0 aromatic rings. The first-order valence-corrected chi connectivity index (χ1v) is 6.71. The van der Waals surface area contributed by atoms with Gasteiger partial charge in [-0.15, -0.1) is 0 Å². The molecular weight excluding hydrogens is 240 g/mol. The second kappa shape index (κ2) is 5.73. The number of rotatable bonds is 3. The number of thioether (sulfide) groups is 1. The number of carbonyl (C=O) groups excluding carboxylic acids is 2. The van der Waals surface area contributed by atoms with E-state index in [1.54, 1.807) is 11.8 Å². The summed E-state index contributed by atoms with van der Waals surface area (Å²) in [6, 6.07) is -1.19. The van der Waals surface area contributed by atoms with E-state index >= 15 is 0 Å². The van der Waals surface area contributed by atoms with Crippen molar-refractivity contribution in [1.29, 1.82) is 0 Å². The van der Waals surface area contributed by atoms with Gasteiger partial charge >= 0.3 is 5.97 Å². The van der Waals surface area contributed by atoms with E-state index in [1.807, 2.05) is 11.8 Å². The summed E-state index contributed by atoms with van der Waals surface area (Å²) in [5.74, 6) is -0.112. The molecule has 1 aliphatic heterocycles. The number of nitrogens with zero attached hydrogens (tertiary/aromatic N) is 1. The molecule has 5 nitrogen and oxygen atoms in total. The van der Waals surface area contributed by atoms with Crippen molar-refractivity contribution >= 4 is 23.6 Å². The van der Waals surface area contributed by atoms with Crippen molar-refractivity contribution in [2.45, 2.75) is 31.6 Å². The summed E-state index contributed by atoms with van der Waals surface area (Å²) in [7, 11) is 0. The van der Waals surface area contributed by atoms with Crippen molar-refractivity contribution in [3.63, 3.8) is 0 Å². The average molecular weight is 260 g/mol. The second-order valence-electron chi connectivity index (χ2n) is 4.60. The third-order valence-electron chi connectivity index (χ3n) is 2.54. The van der Waals surface area contributed by atoms with Crippen molar-refractivity contribution in [3.05, 3.63) is 0 Å². The van der Waals surface area contributed by atoms with Gasteiger partial charge in [0.25, 0.3) is 5.91 Å². The zero-order valence-electron chi connectivity index (χ0n) is 10.6. The summed E-state index contributed by atoms with van der Waals surface area (Å²) in [4.78, 5) is 25.0. The molecule has 1 unspecified atom stereocenters. The van der Waals surface area contributed by atoms with E-state index < -0.39 is 12.0 Å². The van der Waals surface area contributed by atoms with Gasteiger partial charge in [0.05, 0.1) is 6.61 Å². The number of esters is 1. The van der Waals surface area contributed by atoms with Gasteiger partial charge in [-0.3, -0.25) is 4.79 Å². The molecule has 2 N–H and O–H groups in total. The minimum absolute atomic E-state index is 0.0162. The van der Waals surface area contributed by atoms with Crippen LogP contribution >= 0.6 is 11.8 Å². The van der Waals surface area contributed by atoms with E-state index in [-0.39, 0.29) is 17.3 Å². The topological polar surface area (TPSA) is 72.6 Å². The van der Waals surface area contributed by atoms with Crippen LogP contribution in [0.4, 0.5) is 0 Å². The Morgan fingerprint density at radius 3 is 2.71 bits per heavy atom. The predicted octanol–water partition coefficient (Wildman–Crippen LogP) is 0.231. The Kier molecular flexibility index (Phi) is 4.82. The summed E-state index contributed by atoms with van der Waals surface area (Å²) >= 11 is 1.82. The molecule has 0 spiro atoms. The molecule has 17 heavy (non-hydrogen) atoms. The monoisotopic (exact) mass is 260 g/mol. The number of hydrogen-bond donors (Lipinski definition) is 1. The molecule has 0 aliphatic carbocycles.